The Hall–Kier alpha value is -1.50. The molecule has 0 aromatic carbocycles. The lowest BCUT2D eigenvalue weighted by atomic mass is 9.84. The lowest BCUT2D eigenvalue weighted by molar-refractivity contribution is -0.199. The van der Waals surface area contributed by atoms with Crippen LogP contribution in [0, 0.1) is 6.92 Å². The van der Waals surface area contributed by atoms with Gasteiger partial charge in [0.05, 0.1) is 24.9 Å². The quantitative estimate of drug-likeness (QED) is 0.802. The lowest BCUT2D eigenvalue weighted by Gasteiger charge is -2.53. The van der Waals surface area contributed by atoms with E-state index in [0.717, 1.165) is 69.6 Å². The molecule has 1 aromatic rings. The Morgan fingerprint density at radius 2 is 2.15 bits per heavy atom. The smallest absolute Gasteiger partial charge is 0.236 e. The molecule has 6 nitrogen and oxygen atoms in total. The van der Waals surface area contributed by atoms with Gasteiger partial charge in [0.1, 0.15) is 0 Å². The summed E-state index contributed by atoms with van der Waals surface area (Å²) in [5, 5.41) is 0. The van der Waals surface area contributed by atoms with Crippen molar-refractivity contribution < 1.29 is 14.3 Å². The van der Waals surface area contributed by atoms with E-state index >= 15 is 0 Å². The molecular weight excluding hydrogens is 330 g/mol. The first-order valence-corrected chi connectivity index (χ1v) is 9.78. The van der Waals surface area contributed by atoms with Gasteiger partial charge in [-0.15, -0.1) is 0 Å². The van der Waals surface area contributed by atoms with Crippen molar-refractivity contribution in [1.29, 1.82) is 0 Å². The van der Waals surface area contributed by atoms with Crippen molar-refractivity contribution in [3.8, 4) is 0 Å². The SMILES string of the molecule is Cc1cncc(COC2CCOC3(C2)CN(CC(=O)N2CCCC2)C3)c1. The van der Waals surface area contributed by atoms with E-state index in [-0.39, 0.29) is 17.6 Å². The normalized spacial score (nSPS) is 25.4. The fourth-order valence-electron chi connectivity index (χ4n) is 4.39. The summed E-state index contributed by atoms with van der Waals surface area (Å²) in [6.07, 6.45) is 8.11. The number of carbonyl (C=O) groups is 1. The maximum absolute atomic E-state index is 12.3. The highest BCUT2D eigenvalue weighted by molar-refractivity contribution is 5.78. The summed E-state index contributed by atoms with van der Waals surface area (Å²) in [6.45, 7) is 7.47. The molecule has 3 aliphatic rings. The van der Waals surface area contributed by atoms with Crippen molar-refractivity contribution in [3.05, 3.63) is 29.6 Å². The first kappa shape index (κ1) is 17.9. The highest BCUT2D eigenvalue weighted by atomic mass is 16.5. The van der Waals surface area contributed by atoms with Gasteiger partial charge in [-0.1, -0.05) is 6.07 Å². The molecule has 0 aliphatic carbocycles. The van der Waals surface area contributed by atoms with Crippen LogP contribution in [0.1, 0.15) is 36.8 Å². The zero-order valence-electron chi connectivity index (χ0n) is 15.7. The summed E-state index contributed by atoms with van der Waals surface area (Å²) in [7, 11) is 0. The van der Waals surface area contributed by atoms with Gasteiger partial charge in [-0.05, 0) is 37.3 Å². The molecular formula is C20H29N3O3. The van der Waals surface area contributed by atoms with Gasteiger partial charge >= 0.3 is 0 Å². The van der Waals surface area contributed by atoms with Crippen molar-refractivity contribution in [1.82, 2.24) is 14.8 Å². The predicted molar refractivity (Wildman–Crippen MR) is 97.7 cm³/mol. The molecule has 1 spiro atoms. The number of likely N-dealkylation sites (tertiary alicyclic amines) is 2. The summed E-state index contributed by atoms with van der Waals surface area (Å²) >= 11 is 0. The number of carbonyl (C=O) groups excluding carboxylic acids is 1. The van der Waals surface area contributed by atoms with Crippen LogP contribution in [0.4, 0.5) is 0 Å². The Balaban J connectivity index is 1.23. The molecule has 3 saturated heterocycles. The third-order valence-electron chi connectivity index (χ3n) is 5.71. The first-order valence-electron chi connectivity index (χ1n) is 9.78. The third kappa shape index (κ3) is 4.08. The Kier molecular flexibility index (Phi) is 5.25. The van der Waals surface area contributed by atoms with Crippen molar-refractivity contribution in [3.63, 3.8) is 0 Å². The number of amides is 1. The van der Waals surface area contributed by atoms with E-state index in [4.69, 9.17) is 9.47 Å². The Bertz CT molecular complexity index is 639. The number of hydrogen-bond donors (Lipinski definition) is 0. The van der Waals surface area contributed by atoms with Gasteiger partial charge in [0, 0.05) is 51.6 Å². The van der Waals surface area contributed by atoms with Crippen LogP contribution < -0.4 is 0 Å². The Labute approximate surface area is 155 Å². The molecule has 0 saturated carbocycles. The van der Waals surface area contributed by atoms with Crippen LogP contribution >= 0.6 is 0 Å². The topological polar surface area (TPSA) is 54.9 Å². The van der Waals surface area contributed by atoms with Crippen LogP contribution in [-0.2, 0) is 20.9 Å². The number of aryl methyl sites for hydroxylation is 1. The van der Waals surface area contributed by atoms with E-state index in [1.807, 2.05) is 24.2 Å². The van der Waals surface area contributed by atoms with Gasteiger partial charge in [0.25, 0.3) is 0 Å². The maximum Gasteiger partial charge on any atom is 0.236 e. The van der Waals surface area contributed by atoms with Gasteiger partial charge < -0.3 is 14.4 Å². The molecule has 0 radical (unpaired) electrons. The second-order valence-electron chi connectivity index (χ2n) is 8.06. The van der Waals surface area contributed by atoms with Crippen molar-refractivity contribution in [2.45, 2.75) is 50.9 Å². The largest absolute Gasteiger partial charge is 0.373 e. The minimum absolute atomic E-state index is 0.112. The summed E-state index contributed by atoms with van der Waals surface area (Å²) in [5.41, 5.74) is 2.17. The average Bonchev–Trinajstić information content (AvgIpc) is 3.14. The summed E-state index contributed by atoms with van der Waals surface area (Å²) in [4.78, 5) is 20.7. The Morgan fingerprint density at radius 1 is 1.35 bits per heavy atom. The van der Waals surface area contributed by atoms with Crippen LogP contribution in [0.15, 0.2) is 18.5 Å². The van der Waals surface area contributed by atoms with Gasteiger partial charge in [0.2, 0.25) is 5.91 Å². The summed E-state index contributed by atoms with van der Waals surface area (Å²) in [6, 6.07) is 2.12. The molecule has 1 aromatic heterocycles. The predicted octanol–water partition coefficient (Wildman–Crippen LogP) is 1.76. The van der Waals surface area contributed by atoms with Crippen molar-refractivity contribution in [2.24, 2.45) is 0 Å². The van der Waals surface area contributed by atoms with E-state index in [0.29, 0.717) is 13.2 Å². The minimum atomic E-state index is -0.112. The molecule has 6 heteroatoms. The number of pyridine rings is 1. The van der Waals surface area contributed by atoms with E-state index < -0.39 is 0 Å². The molecule has 4 rings (SSSR count). The molecule has 4 heterocycles. The molecule has 3 fully saturated rings. The molecule has 1 unspecified atom stereocenters. The standard InChI is InChI=1S/C20H29N3O3/c1-16-8-17(11-21-10-16)13-25-18-4-7-26-20(9-18)14-22(15-20)12-19(24)23-5-2-3-6-23/h8,10-11,18H,2-7,9,12-15H2,1H3. The molecule has 1 atom stereocenters. The number of nitrogens with zero attached hydrogens (tertiary/aromatic N) is 3. The fourth-order valence-corrected chi connectivity index (χ4v) is 4.39. The molecule has 1 amide bonds. The number of hydrogen-bond acceptors (Lipinski definition) is 5. The second-order valence-corrected chi connectivity index (χ2v) is 8.06. The number of aromatic nitrogens is 1. The molecule has 142 valence electrons. The molecule has 0 bridgehead atoms. The number of rotatable bonds is 5. The van der Waals surface area contributed by atoms with Crippen LogP contribution in [-0.4, -0.2) is 71.7 Å². The fraction of sp³-hybridized carbons (Fsp3) is 0.700. The van der Waals surface area contributed by atoms with Gasteiger partial charge in [0.15, 0.2) is 0 Å². The van der Waals surface area contributed by atoms with E-state index in [2.05, 4.69) is 16.0 Å². The highest BCUT2D eigenvalue weighted by Crippen LogP contribution is 2.35. The van der Waals surface area contributed by atoms with Crippen LogP contribution in [0.25, 0.3) is 0 Å². The minimum Gasteiger partial charge on any atom is -0.373 e. The lowest BCUT2D eigenvalue weighted by Crippen LogP contribution is -2.67. The van der Waals surface area contributed by atoms with Crippen molar-refractivity contribution >= 4 is 5.91 Å². The second kappa shape index (κ2) is 7.62. The van der Waals surface area contributed by atoms with E-state index in [1.54, 1.807) is 0 Å². The molecule has 0 N–H and O–H groups in total. The van der Waals surface area contributed by atoms with Crippen LogP contribution in [0.3, 0.4) is 0 Å². The summed E-state index contributed by atoms with van der Waals surface area (Å²) in [5.74, 6) is 0.271. The molecule has 3 aliphatic heterocycles. The van der Waals surface area contributed by atoms with Crippen LogP contribution in [0.2, 0.25) is 0 Å². The highest BCUT2D eigenvalue weighted by Gasteiger charge is 2.48. The monoisotopic (exact) mass is 359 g/mol. The maximum atomic E-state index is 12.3. The van der Waals surface area contributed by atoms with E-state index in [1.165, 1.54) is 0 Å². The third-order valence-corrected chi connectivity index (χ3v) is 5.71. The van der Waals surface area contributed by atoms with Gasteiger partial charge in [-0.25, -0.2) is 0 Å². The van der Waals surface area contributed by atoms with Gasteiger partial charge in [-0.2, -0.15) is 0 Å². The summed E-state index contributed by atoms with van der Waals surface area (Å²) < 4.78 is 12.2. The zero-order chi connectivity index (χ0) is 18.0. The zero-order valence-corrected chi connectivity index (χ0v) is 15.7. The first-order chi connectivity index (χ1) is 12.6. The van der Waals surface area contributed by atoms with Crippen LogP contribution in [0.5, 0.6) is 0 Å². The number of ether oxygens (including phenoxy) is 2. The molecule has 26 heavy (non-hydrogen) atoms. The van der Waals surface area contributed by atoms with E-state index in [9.17, 15) is 4.79 Å². The average molecular weight is 359 g/mol. The Morgan fingerprint density at radius 3 is 2.92 bits per heavy atom. The van der Waals surface area contributed by atoms with Gasteiger partial charge in [-0.3, -0.25) is 14.7 Å². The van der Waals surface area contributed by atoms with Crippen molar-refractivity contribution in [2.75, 3.05) is 39.3 Å².